The number of aromatic nitrogens is 1. The Labute approximate surface area is 106 Å². The molecule has 0 radical (unpaired) electrons. The van der Waals surface area contributed by atoms with Crippen LogP contribution in [0.5, 0.6) is 0 Å². The molecule has 1 aliphatic carbocycles. The predicted octanol–water partition coefficient (Wildman–Crippen LogP) is 4.00. The zero-order chi connectivity index (χ0) is 11.4. The van der Waals surface area contributed by atoms with E-state index in [4.69, 9.17) is 0 Å². The molecule has 1 saturated carbocycles. The minimum Gasteiger partial charge on any atom is -0.370 e. The van der Waals surface area contributed by atoms with E-state index in [1.807, 2.05) is 12.4 Å². The SMILES string of the molecule is CN(c1cncc(Br)c1)C1CCCCCC1. The van der Waals surface area contributed by atoms with Crippen molar-refractivity contribution in [3.05, 3.63) is 22.9 Å². The maximum atomic E-state index is 4.24. The molecular weight excluding hydrogens is 264 g/mol. The molecule has 0 spiro atoms. The number of halogens is 1. The molecule has 1 fully saturated rings. The highest BCUT2D eigenvalue weighted by molar-refractivity contribution is 9.10. The van der Waals surface area contributed by atoms with Gasteiger partial charge >= 0.3 is 0 Å². The summed E-state index contributed by atoms with van der Waals surface area (Å²) in [6, 6.07) is 2.84. The van der Waals surface area contributed by atoms with Gasteiger partial charge in [0.1, 0.15) is 0 Å². The number of rotatable bonds is 2. The Morgan fingerprint density at radius 3 is 2.50 bits per heavy atom. The molecule has 0 N–H and O–H groups in total. The molecule has 2 nitrogen and oxygen atoms in total. The van der Waals surface area contributed by atoms with Gasteiger partial charge in [-0.1, -0.05) is 25.7 Å². The number of hydrogen-bond donors (Lipinski definition) is 0. The van der Waals surface area contributed by atoms with E-state index in [1.165, 1.54) is 44.2 Å². The molecule has 88 valence electrons. The van der Waals surface area contributed by atoms with Crippen LogP contribution in [0.2, 0.25) is 0 Å². The number of anilines is 1. The molecule has 1 heterocycles. The first-order chi connectivity index (χ1) is 7.77. The largest absolute Gasteiger partial charge is 0.370 e. The van der Waals surface area contributed by atoms with Crippen molar-refractivity contribution in [3.63, 3.8) is 0 Å². The third-order valence-corrected chi connectivity index (χ3v) is 3.90. The maximum absolute atomic E-state index is 4.24. The molecule has 0 aromatic carbocycles. The van der Waals surface area contributed by atoms with Crippen LogP contribution in [0.3, 0.4) is 0 Å². The Bertz CT molecular complexity index is 332. The van der Waals surface area contributed by atoms with Gasteiger partial charge < -0.3 is 4.90 Å². The summed E-state index contributed by atoms with van der Waals surface area (Å²) in [6.07, 6.45) is 12.0. The first-order valence-electron chi connectivity index (χ1n) is 6.11. The van der Waals surface area contributed by atoms with E-state index in [0.717, 1.165) is 4.47 Å². The van der Waals surface area contributed by atoms with Gasteiger partial charge in [-0.05, 0) is 34.8 Å². The molecule has 1 aliphatic rings. The number of hydrogen-bond acceptors (Lipinski definition) is 2. The minimum atomic E-state index is 0.693. The quantitative estimate of drug-likeness (QED) is 0.762. The molecule has 1 aromatic rings. The summed E-state index contributed by atoms with van der Waals surface area (Å²) >= 11 is 3.48. The Morgan fingerprint density at radius 1 is 1.19 bits per heavy atom. The van der Waals surface area contributed by atoms with E-state index in [9.17, 15) is 0 Å². The van der Waals surface area contributed by atoms with Crippen molar-refractivity contribution < 1.29 is 0 Å². The average Bonchev–Trinajstić information content (AvgIpc) is 2.56. The molecule has 0 saturated heterocycles. The van der Waals surface area contributed by atoms with Crippen LogP contribution in [0.1, 0.15) is 38.5 Å². The lowest BCUT2D eigenvalue weighted by Gasteiger charge is -2.29. The third-order valence-electron chi connectivity index (χ3n) is 3.47. The third kappa shape index (κ3) is 2.97. The molecule has 0 atom stereocenters. The molecular formula is C13H19BrN2. The van der Waals surface area contributed by atoms with Crippen molar-refractivity contribution in [2.45, 2.75) is 44.6 Å². The Hall–Kier alpha value is -0.570. The fourth-order valence-electron chi connectivity index (χ4n) is 2.45. The lowest BCUT2D eigenvalue weighted by Crippen LogP contribution is -2.31. The number of pyridine rings is 1. The summed E-state index contributed by atoms with van der Waals surface area (Å²) in [6.45, 7) is 0. The van der Waals surface area contributed by atoms with E-state index in [1.54, 1.807) is 0 Å². The highest BCUT2D eigenvalue weighted by atomic mass is 79.9. The summed E-state index contributed by atoms with van der Waals surface area (Å²) in [4.78, 5) is 6.63. The molecule has 16 heavy (non-hydrogen) atoms. The van der Waals surface area contributed by atoms with Crippen molar-refractivity contribution in [2.24, 2.45) is 0 Å². The van der Waals surface area contributed by atoms with Crippen LogP contribution in [0, 0.1) is 0 Å². The minimum absolute atomic E-state index is 0.693. The van der Waals surface area contributed by atoms with Gasteiger partial charge in [0.25, 0.3) is 0 Å². The topological polar surface area (TPSA) is 16.1 Å². The molecule has 2 rings (SSSR count). The van der Waals surface area contributed by atoms with Crippen molar-refractivity contribution in [1.82, 2.24) is 4.98 Å². The Kier molecular flexibility index (Phi) is 4.22. The zero-order valence-electron chi connectivity index (χ0n) is 9.82. The van der Waals surface area contributed by atoms with Crippen LogP contribution in [0.4, 0.5) is 5.69 Å². The Balaban J connectivity index is 2.07. The van der Waals surface area contributed by atoms with Crippen LogP contribution in [0.25, 0.3) is 0 Å². The van der Waals surface area contributed by atoms with Gasteiger partial charge in [-0.15, -0.1) is 0 Å². The lowest BCUT2D eigenvalue weighted by atomic mass is 10.1. The molecule has 0 aliphatic heterocycles. The van der Waals surface area contributed by atoms with Gasteiger partial charge in [-0.3, -0.25) is 4.98 Å². The van der Waals surface area contributed by atoms with Crippen LogP contribution in [-0.4, -0.2) is 18.1 Å². The smallest absolute Gasteiger partial charge is 0.0563 e. The van der Waals surface area contributed by atoms with Gasteiger partial charge in [0.2, 0.25) is 0 Å². The summed E-state index contributed by atoms with van der Waals surface area (Å²) in [5.74, 6) is 0. The summed E-state index contributed by atoms with van der Waals surface area (Å²) in [5, 5.41) is 0. The Morgan fingerprint density at radius 2 is 1.88 bits per heavy atom. The van der Waals surface area contributed by atoms with Gasteiger partial charge in [0.15, 0.2) is 0 Å². The summed E-state index contributed by atoms with van der Waals surface area (Å²) in [5.41, 5.74) is 1.22. The van der Waals surface area contributed by atoms with Gasteiger partial charge in [-0.2, -0.15) is 0 Å². The van der Waals surface area contributed by atoms with Gasteiger partial charge in [-0.25, -0.2) is 0 Å². The second kappa shape index (κ2) is 5.67. The van der Waals surface area contributed by atoms with Crippen molar-refractivity contribution in [2.75, 3.05) is 11.9 Å². The predicted molar refractivity (Wildman–Crippen MR) is 71.8 cm³/mol. The summed E-state index contributed by atoms with van der Waals surface area (Å²) < 4.78 is 1.06. The average molecular weight is 283 g/mol. The normalized spacial score (nSPS) is 18.1. The van der Waals surface area contributed by atoms with Crippen LogP contribution in [-0.2, 0) is 0 Å². The van der Waals surface area contributed by atoms with E-state index in [2.05, 4.69) is 38.9 Å². The fraction of sp³-hybridized carbons (Fsp3) is 0.615. The molecule has 3 heteroatoms. The monoisotopic (exact) mass is 282 g/mol. The van der Waals surface area contributed by atoms with E-state index >= 15 is 0 Å². The highest BCUT2D eigenvalue weighted by Crippen LogP contribution is 2.26. The molecule has 0 bridgehead atoms. The lowest BCUT2D eigenvalue weighted by molar-refractivity contribution is 0.552. The first-order valence-corrected chi connectivity index (χ1v) is 6.90. The molecule has 0 amide bonds. The second-order valence-corrected chi connectivity index (χ2v) is 5.53. The highest BCUT2D eigenvalue weighted by Gasteiger charge is 2.17. The van der Waals surface area contributed by atoms with E-state index < -0.39 is 0 Å². The van der Waals surface area contributed by atoms with E-state index in [-0.39, 0.29) is 0 Å². The molecule has 1 aromatic heterocycles. The van der Waals surface area contributed by atoms with Crippen molar-refractivity contribution in [1.29, 1.82) is 0 Å². The van der Waals surface area contributed by atoms with E-state index in [0.29, 0.717) is 6.04 Å². The van der Waals surface area contributed by atoms with Crippen LogP contribution >= 0.6 is 15.9 Å². The standard InChI is InChI=1S/C13H19BrN2/c1-16(12-6-4-2-3-5-7-12)13-8-11(14)9-15-10-13/h8-10,12H,2-7H2,1H3. The number of nitrogens with zero attached hydrogens (tertiary/aromatic N) is 2. The van der Waals surface area contributed by atoms with Crippen molar-refractivity contribution >= 4 is 21.6 Å². The van der Waals surface area contributed by atoms with Crippen LogP contribution < -0.4 is 4.90 Å². The zero-order valence-corrected chi connectivity index (χ0v) is 11.4. The van der Waals surface area contributed by atoms with Crippen molar-refractivity contribution in [3.8, 4) is 0 Å². The second-order valence-electron chi connectivity index (χ2n) is 4.62. The molecule has 0 unspecified atom stereocenters. The first kappa shape index (κ1) is 11.9. The van der Waals surface area contributed by atoms with Crippen LogP contribution in [0.15, 0.2) is 22.9 Å². The fourth-order valence-corrected chi connectivity index (χ4v) is 2.80. The van der Waals surface area contributed by atoms with Gasteiger partial charge in [0.05, 0.1) is 11.9 Å². The summed E-state index contributed by atoms with van der Waals surface area (Å²) in [7, 11) is 2.19. The maximum Gasteiger partial charge on any atom is 0.0563 e. The van der Waals surface area contributed by atoms with Gasteiger partial charge in [0, 0.05) is 23.8 Å².